The van der Waals surface area contributed by atoms with Gasteiger partial charge in [-0.25, -0.2) is 13.1 Å². The molecule has 1 aromatic carbocycles. The van der Waals surface area contributed by atoms with Gasteiger partial charge < -0.3 is 15.7 Å². The first-order valence-corrected chi connectivity index (χ1v) is 10.0. The highest BCUT2D eigenvalue weighted by Gasteiger charge is 2.33. The van der Waals surface area contributed by atoms with E-state index >= 15 is 0 Å². The van der Waals surface area contributed by atoms with Gasteiger partial charge in [-0.2, -0.15) is 0 Å². The summed E-state index contributed by atoms with van der Waals surface area (Å²) in [5, 5.41) is 13.7. The molecule has 0 fully saturated rings. The summed E-state index contributed by atoms with van der Waals surface area (Å²) in [6.45, 7) is 6.53. The number of aliphatic carboxylic acids is 1. The number of carbonyl (C=O) groups is 3. The van der Waals surface area contributed by atoms with Gasteiger partial charge in [0.1, 0.15) is 12.1 Å². The molecule has 2 atom stereocenters. The Morgan fingerprint density at radius 1 is 1.07 bits per heavy atom. The van der Waals surface area contributed by atoms with E-state index in [0.29, 0.717) is 5.69 Å². The molecule has 0 heterocycles. The summed E-state index contributed by atoms with van der Waals surface area (Å²) in [7, 11) is -3.59. The number of hydrogen-bond donors (Lipinski definition) is 4. The molecule has 0 aliphatic heterocycles. The van der Waals surface area contributed by atoms with Crippen molar-refractivity contribution in [3.05, 3.63) is 29.8 Å². The zero-order valence-electron chi connectivity index (χ0n) is 15.9. The van der Waals surface area contributed by atoms with Crippen molar-refractivity contribution >= 4 is 33.5 Å². The van der Waals surface area contributed by atoms with Gasteiger partial charge in [-0.1, -0.05) is 20.8 Å². The van der Waals surface area contributed by atoms with E-state index < -0.39 is 45.3 Å². The number of carboxylic acid groups (broad SMARTS) is 1. The lowest BCUT2D eigenvalue weighted by Gasteiger charge is -2.29. The van der Waals surface area contributed by atoms with Crippen LogP contribution in [-0.4, -0.2) is 49.6 Å². The van der Waals surface area contributed by atoms with E-state index in [2.05, 4.69) is 15.4 Å². The summed E-state index contributed by atoms with van der Waals surface area (Å²) in [6.07, 6.45) is 0.977. The van der Waals surface area contributed by atoms with Gasteiger partial charge in [0, 0.05) is 11.3 Å². The predicted molar refractivity (Wildman–Crippen MR) is 101 cm³/mol. The third kappa shape index (κ3) is 7.35. The molecule has 150 valence electrons. The molecule has 1 aromatic rings. The predicted octanol–water partition coefficient (Wildman–Crippen LogP) is 0.792. The Morgan fingerprint density at radius 3 is 2.00 bits per heavy atom. The third-order valence-electron chi connectivity index (χ3n) is 3.59. The van der Waals surface area contributed by atoms with Crippen molar-refractivity contribution in [1.82, 2.24) is 10.0 Å². The Morgan fingerprint density at radius 2 is 1.59 bits per heavy atom. The van der Waals surface area contributed by atoms with E-state index in [4.69, 9.17) is 5.11 Å². The molecule has 0 spiro atoms. The van der Waals surface area contributed by atoms with Crippen LogP contribution in [0, 0.1) is 5.41 Å². The molecule has 10 heteroatoms. The topological polar surface area (TPSA) is 142 Å². The van der Waals surface area contributed by atoms with Crippen molar-refractivity contribution in [1.29, 1.82) is 0 Å². The summed E-state index contributed by atoms with van der Waals surface area (Å²) in [5.74, 6) is -2.25. The highest BCUT2D eigenvalue weighted by atomic mass is 32.2. The molecular weight excluding hydrogens is 374 g/mol. The summed E-state index contributed by atoms with van der Waals surface area (Å²) < 4.78 is 25.4. The van der Waals surface area contributed by atoms with Crippen molar-refractivity contribution in [2.24, 2.45) is 5.41 Å². The van der Waals surface area contributed by atoms with Crippen molar-refractivity contribution in [2.75, 3.05) is 11.6 Å². The second kappa shape index (κ2) is 8.49. The van der Waals surface area contributed by atoms with Crippen molar-refractivity contribution in [3.63, 3.8) is 0 Å². The van der Waals surface area contributed by atoms with Crippen molar-refractivity contribution in [3.8, 4) is 0 Å². The van der Waals surface area contributed by atoms with Crippen molar-refractivity contribution in [2.45, 2.75) is 39.8 Å². The second-order valence-electron chi connectivity index (χ2n) is 7.29. The lowest BCUT2D eigenvalue weighted by Crippen LogP contribution is -2.51. The van der Waals surface area contributed by atoms with Gasteiger partial charge in [0.2, 0.25) is 15.9 Å². The Labute approximate surface area is 158 Å². The molecule has 0 radical (unpaired) electrons. The molecular formula is C17H25N3O6S. The number of hydrogen-bond acceptors (Lipinski definition) is 5. The van der Waals surface area contributed by atoms with Gasteiger partial charge in [-0.15, -0.1) is 0 Å². The minimum absolute atomic E-state index is 0.225. The fourth-order valence-electron chi connectivity index (χ4n) is 2.10. The quantitative estimate of drug-likeness (QED) is 0.534. The zero-order chi connectivity index (χ0) is 21.0. The SMILES string of the molecule is CC(NC(=O)c1ccc(NC(=O)C(NS(C)(=O)=O)C(C)(C)C)cc1)C(=O)O. The number of benzene rings is 1. The summed E-state index contributed by atoms with van der Waals surface area (Å²) in [6, 6.07) is 3.76. The van der Waals surface area contributed by atoms with Gasteiger partial charge in [-0.3, -0.25) is 14.4 Å². The average molecular weight is 399 g/mol. The number of nitrogens with one attached hydrogen (secondary N) is 3. The fraction of sp³-hybridized carbons (Fsp3) is 0.471. The highest BCUT2D eigenvalue weighted by Crippen LogP contribution is 2.21. The van der Waals surface area contributed by atoms with E-state index in [1.165, 1.54) is 31.2 Å². The molecule has 0 aliphatic rings. The smallest absolute Gasteiger partial charge is 0.325 e. The first kappa shape index (κ1) is 22.6. The average Bonchev–Trinajstić information content (AvgIpc) is 2.51. The van der Waals surface area contributed by atoms with E-state index in [0.717, 1.165) is 6.26 Å². The van der Waals surface area contributed by atoms with Crippen LogP contribution in [0.15, 0.2) is 24.3 Å². The van der Waals surface area contributed by atoms with Crippen molar-refractivity contribution < 1.29 is 27.9 Å². The van der Waals surface area contributed by atoms with Crippen LogP contribution in [0.25, 0.3) is 0 Å². The molecule has 0 saturated carbocycles. The molecule has 2 unspecified atom stereocenters. The largest absolute Gasteiger partial charge is 0.480 e. The van der Waals surface area contributed by atoms with Gasteiger partial charge >= 0.3 is 5.97 Å². The molecule has 2 amide bonds. The molecule has 0 bridgehead atoms. The maximum absolute atomic E-state index is 12.5. The summed E-state index contributed by atoms with van der Waals surface area (Å²) in [4.78, 5) is 35.2. The lowest BCUT2D eigenvalue weighted by atomic mass is 9.87. The monoisotopic (exact) mass is 399 g/mol. The normalized spacial score (nSPS) is 14.1. The highest BCUT2D eigenvalue weighted by molar-refractivity contribution is 7.88. The van der Waals surface area contributed by atoms with Gasteiger partial charge in [0.25, 0.3) is 5.91 Å². The number of sulfonamides is 1. The Bertz CT molecular complexity index is 812. The third-order valence-corrected chi connectivity index (χ3v) is 4.26. The zero-order valence-corrected chi connectivity index (χ0v) is 16.7. The molecule has 9 nitrogen and oxygen atoms in total. The fourth-order valence-corrected chi connectivity index (χ4v) is 2.99. The maximum atomic E-state index is 12.5. The molecule has 0 aromatic heterocycles. The number of amides is 2. The van der Waals surface area contributed by atoms with Crippen LogP contribution in [0.2, 0.25) is 0 Å². The second-order valence-corrected chi connectivity index (χ2v) is 9.07. The van der Waals surface area contributed by atoms with Gasteiger partial charge in [-0.05, 0) is 36.6 Å². The summed E-state index contributed by atoms with van der Waals surface area (Å²) >= 11 is 0. The van der Waals surface area contributed by atoms with Crippen LogP contribution in [0.5, 0.6) is 0 Å². The number of carboxylic acids is 1. The van der Waals surface area contributed by atoms with E-state index in [9.17, 15) is 22.8 Å². The van der Waals surface area contributed by atoms with Crippen LogP contribution in [0.3, 0.4) is 0 Å². The van der Waals surface area contributed by atoms with Crippen LogP contribution < -0.4 is 15.4 Å². The van der Waals surface area contributed by atoms with Crippen LogP contribution in [-0.2, 0) is 19.6 Å². The Balaban J connectivity index is 2.88. The summed E-state index contributed by atoms with van der Waals surface area (Å²) in [5.41, 5.74) is -0.0740. The molecule has 0 aliphatic carbocycles. The van der Waals surface area contributed by atoms with Crippen LogP contribution in [0.4, 0.5) is 5.69 Å². The molecule has 27 heavy (non-hydrogen) atoms. The van der Waals surface area contributed by atoms with Gasteiger partial charge in [0.15, 0.2) is 0 Å². The maximum Gasteiger partial charge on any atom is 0.325 e. The van der Waals surface area contributed by atoms with Crippen LogP contribution >= 0.6 is 0 Å². The van der Waals surface area contributed by atoms with E-state index in [1.54, 1.807) is 20.8 Å². The van der Waals surface area contributed by atoms with E-state index in [-0.39, 0.29) is 5.56 Å². The minimum Gasteiger partial charge on any atom is -0.480 e. The first-order chi connectivity index (χ1) is 12.2. The van der Waals surface area contributed by atoms with Gasteiger partial charge in [0.05, 0.1) is 6.26 Å². The Hall–Kier alpha value is -2.46. The first-order valence-electron chi connectivity index (χ1n) is 8.12. The number of rotatable bonds is 7. The lowest BCUT2D eigenvalue weighted by molar-refractivity contribution is -0.138. The number of anilines is 1. The number of carbonyl (C=O) groups excluding carboxylic acids is 2. The van der Waals surface area contributed by atoms with Crippen LogP contribution in [0.1, 0.15) is 38.1 Å². The molecule has 1 rings (SSSR count). The Kier molecular flexibility index (Phi) is 7.10. The van der Waals surface area contributed by atoms with E-state index in [1.807, 2.05) is 0 Å². The minimum atomic E-state index is -3.59. The molecule has 4 N–H and O–H groups in total. The standard InChI is InChI=1S/C17H25N3O6S/c1-10(16(23)24)18-14(21)11-6-8-12(9-7-11)19-15(22)13(17(2,3)4)20-27(5,25)26/h6-10,13,20H,1-5H3,(H,18,21)(H,19,22)(H,23,24). The molecule has 0 saturated heterocycles.